The molecule has 0 saturated heterocycles. The summed E-state index contributed by atoms with van der Waals surface area (Å²) < 4.78 is 41.8. The molecular formula is C57H78FN3O10. The van der Waals surface area contributed by atoms with Crippen LogP contribution in [0.4, 0.5) is 14.9 Å². The smallest absolute Gasteiger partial charge is 0.410 e. The number of unbranched alkanes of at least 4 members (excludes halogenated alkanes) is 11. The largest absolute Gasteiger partial charge is 0.489 e. The molecule has 0 aromatic heterocycles. The number of rotatable bonds is 32. The van der Waals surface area contributed by atoms with Gasteiger partial charge >= 0.3 is 6.09 Å². The number of halogens is 1. The van der Waals surface area contributed by atoms with E-state index in [1.165, 1.54) is 63.1 Å². The molecule has 3 aromatic carbocycles. The molecule has 0 radical (unpaired) electrons. The van der Waals surface area contributed by atoms with E-state index in [0.29, 0.717) is 54.1 Å². The minimum Gasteiger partial charge on any atom is -0.489 e. The molecule has 13 nitrogen and oxygen atoms in total. The Bertz CT molecular complexity index is 2200. The van der Waals surface area contributed by atoms with Gasteiger partial charge in [0.15, 0.2) is 0 Å². The van der Waals surface area contributed by atoms with Crippen molar-refractivity contribution in [2.24, 2.45) is 22.9 Å². The van der Waals surface area contributed by atoms with Crippen LogP contribution < -0.4 is 9.47 Å². The number of allylic oxidation sites excluding steroid dienone is 1. The molecule has 3 aromatic rings. The Morgan fingerprint density at radius 2 is 1.61 bits per heavy atom. The molecule has 388 valence electrons. The van der Waals surface area contributed by atoms with Crippen molar-refractivity contribution < 1.29 is 48.1 Å². The number of aliphatic hydroxyl groups excluding tert-OH is 2. The average molecular weight is 984 g/mol. The van der Waals surface area contributed by atoms with Crippen LogP contribution in [0.25, 0.3) is 0 Å². The quantitative estimate of drug-likeness (QED) is 0.0266. The predicted molar refractivity (Wildman–Crippen MR) is 274 cm³/mol. The van der Waals surface area contributed by atoms with Gasteiger partial charge in [-0.3, -0.25) is 15.0 Å². The molecule has 0 unspecified atom stereocenters. The maximum Gasteiger partial charge on any atom is 0.410 e. The van der Waals surface area contributed by atoms with Gasteiger partial charge in [-0.2, -0.15) is 0 Å². The van der Waals surface area contributed by atoms with Gasteiger partial charge < -0.3 is 34.0 Å². The van der Waals surface area contributed by atoms with Gasteiger partial charge in [-0.15, -0.1) is 6.58 Å². The first-order valence-electron chi connectivity index (χ1n) is 26.4. The number of nitro groups is 1. The van der Waals surface area contributed by atoms with E-state index in [1.54, 1.807) is 41.3 Å². The van der Waals surface area contributed by atoms with Crippen molar-refractivity contribution in [2.45, 2.75) is 160 Å². The summed E-state index contributed by atoms with van der Waals surface area (Å²) in [6.07, 6.45) is 20.2. The van der Waals surface area contributed by atoms with Crippen LogP contribution >= 0.6 is 0 Å². The first kappa shape index (κ1) is 55.0. The lowest BCUT2D eigenvalue weighted by Crippen LogP contribution is -2.70. The normalized spacial score (nSPS) is 21.6. The number of hydrogen-bond donors (Lipinski definition) is 2. The predicted octanol–water partition coefficient (Wildman–Crippen LogP) is 12.9. The lowest BCUT2D eigenvalue weighted by atomic mass is 9.55. The van der Waals surface area contributed by atoms with E-state index in [2.05, 4.69) is 19.6 Å². The molecule has 1 saturated carbocycles. The van der Waals surface area contributed by atoms with Crippen molar-refractivity contribution in [2.75, 3.05) is 33.0 Å². The molecule has 14 heteroatoms. The van der Waals surface area contributed by atoms with Crippen LogP contribution in [-0.2, 0) is 27.5 Å². The van der Waals surface area contributed by atoms with E-state index in [4.69, 9.17) is 28.9 Å². The molecule has 1 amide bonds. The second-order valence-electron chi connectivity index (χ2n) is 19.3. The lowest BCUT2D eigenvalue weighted by molar-refractivity contribution is -0.384. The summed E-state index contributed by atoms with van der Waals surface area (Å²) in [4.78, 5) is 33.6. The van der Waals surface area contributed by atoms with Gasteiger partial charge in [0, 0.05) is 55.4 Å². The number of benzene rings is 3. The SMILES string of the molecule is C=CCO[C@@]12Oc3ccc(OCc4ccccc4F)cc3[C@H]3[C@H](CCCCO)[C@@H](CCCCO)C=C(C(=NOCc4ccc([N+](=O)[O-])cc4)C[C@@H]1N(CCC)C(=O)OCCCCCCCCCCCC)[C@H]32. The molecule has 6 atom stereocenters. The summed E-state index contributed by atoms with van der Waals surface area (Å²) in [5, 5.41) is 36.3. The van der Waals surface area contributed by atoms with Gasteiger partial charge in [-0.05, 0) is 97.9 Å². The molecule has 0 spiro atoms. The second-order valence-corrected chi connectivity index (χ2v) is 19.3. The van der Waals surface area contributed by atoms with Crippen molar-refractivity contribution in [3.05, 3.63) is 124 Å². The number of aliphatic hydroxyl groups is 2. The Morgan fingerprint density at radius 1 is 0.901 bits per heavy atom. The summed E-state index contributed by atoms with van der Waals surface area (Å²) in [5.74, 6) is -1.60. The van der Waals surface area contributed by atoms with E-state index in [1.807, 2.05) is 25.1 Å². The van der Waals surface area contributed by atoms with Gasteiger partial charge in [-0.25, -0.2) is 9.18 Å². The number of ether oxygens (including phenoxy) is 4. The standard InChI is InChI=1S/C57H78FN3O10/c1-4-7-8-9-10-11-12-13-14-21-36-67-56(64)60(32-5-2)53-39-51(59-70-40-42-26-28-45(29-27-42)61(65)66)48-37-43(22-17-19-33-62)47(24-18-20-34-63)54-49-38-46(68-41-44-23-15-16-25-50(44)58)30-31-52(49)71-57(53,55(48)54)69-35-6-3/h6,15-16,23,25-31,37-38,43,47,53-55,62-63H,3-5,7-14,17-22,24,32-36,39-41H2,1-2H3/t43-,47+,53-,54+,55+,57+/m0/s1. The maximum atomic E-state index is 14.9. The summed E-state index contributed by atoms with van der Waals surface area (Å²) in [6, 6.07) is 17.6. The number of nitrogens with zero attached hydrogens (tertiary/aromatic N) is 3. The third-order valence-corrected chi connectivity index (χ3v) is 14.3. The fourth-order valence-electron chi connectivity index (χ4n) is 10.9. The molecule has 0 bridgehead atoms. The molecule has 1 aliphatic heterocycles. The second kappa shape index (κ2) is 28.7. The highest BCUT2D eigenvalue weighted by atomic mass is 19.1. The zero-order valence-corrected chi connectivity index (χ0v) is 42.2. The number of carbonyl (C=O) groups excluding carboxylic acids is 1. The Morgan fingerprint density at radius 3 is 2.28 bits per heavy atom. The summed E-state index contributed by atoms with van der Waals surface area (Å²) >= 11 is 0. The topological polar surface area (TPSA) is 162 Å². The minimum absolute atomic E-state index is 0.00303. The average Bonchev–Trinajstić information content (AvgIpc) is 3.37. The van der Waals surface area contributed by atoms with Crippen LogP contribution in [0.15, 0.2) is 96.2 Å². The fraction of sp³-hybridized carbons (Fsp3) is 0.579. The molecule has 1 fully saturated rings. The van der Waals surface area contributed by atoms with Crippen molar-refractivity contribution >= 4 is 17.5 Å². The third kappa shape index (κ3) is 14.7. The summed E-state index contributed by atoms with van der Waals surface area (Å²) in [7, 11) is 0. The number of oxime groups is 1. The first-order valence-corrected chi connectivity index (χ1v) is 26.4. The molecule has 2 N–H and O–H groups in total. The maximum absolute atomic E-state index is 14.9. The third-order valence-electron chi connectivity index (χ3n) is 14.3. The monoisotopic (exact) mass is 984 g/mol. The zero-order chi connectivity index (χ0) is 50.4. The van der Waals surface area contributed by atoms with Gasteiger partial charge in [0.1, 0.15) is 36.6 Å². The van der Waals surface area contributed by atoms with Crippen LogP contribution in [0.1, 0.15) is 152 Å². The number of amides is 1. The zero-order valence-electron chi connectivity index (χ0n) is 42.2. The number of hydrogen-bond acceptors (Lipinski definition) is 11. The van der Waals surface area contributed by atoms with Crippen LogP contribution in [0.2, 0.25) is 0 Å². The summed E-state index contributed by atoms with van der Waals surface area (Å²) in [5.41, 5.74) is 3.45. The van der Waals surface area contributed by atoms with Crippen molar-refractivity contribution in [3.63, 3.8) is 0 Å². The molecule has 3 aliphatic rings. The molecular weight excluding hydrogens is 906 g/mol. The van der Waals surface area contributed by atoms with Crippen molar-refractivity contribution in [1.82, 2.24) is 4.90 Å². The van der Waals surface area contributed by atoms with Crippen LogP contribution in [-0.4, -0.2) is 76.6 Å². The van der Waals surface area contributed by atoms with E-state index >= 15 is 0 Å². The van der Waals surface area contributed by atoms with Crippen LogP contribution in [0, 0.1) is 33.7 Å². The summed E-state index contributed by atoms with van der Waals surface area (Å²) in [6.45, 7) is 9.20. The van der Waals surface area contributed by atoms with Crippen LogP contribution in [0.3, 0.4) is 0 Å². The van der Waals surface area contributed by atoms with Gasteiger partial charge in [-0.1, -0.05) is 120 Å². The Hall–Kier alpha value is -5.31. The van der Waals surface area contributed by atoms with Gasteiger partial charge in [0.05, 0.1) is 29.8 Å². The number of non-ortho nitro benzene ring substituents is 1. The number of fused-ring (bicyclic) bond motifs is 2. The molecule has 71 heavy (non-hydrogen) atoms. The lowest BCUT2D eigenvalue weighted by Gasteiger charge is -2.59. The van der Waals surface area contributed by atoms with Gasteiger partial charge in [0.25, 0.3) is 5.69 Å². The van der Waals surface area contributed by atoms with Crippen molar-refractivity contribution in [1.29, 1.82) is 0 Å². The van der Waals surface area contributed by atoms with Crippen LogP contribution in [0.5, 0.6) is 11.5 Å². The Kier molecular flexibility index (Phi) is 22.2. The Labute approximate surface area is 420 Å². The minimum atomic E-state index is -1.47. The van der Waals surface area contributed by atoms with E-state index in [0.717, 1.165) is 56.1 Å². The van der Waals surface area contributed by atoms with E-state index < -0.39 is 28.8 Å². The Balaban J connectivity index is 1.43. The van der Waals surface area contributed by atoms with Gasteiger partial charge in [0.2, 0.25) is 5.79 Å². The first-order chi connectivity index (χ1) is 34.7. The highest BCUT2D eigenvalue weighted by molar-refractivity contribution is 6.03. The molecule has 2 aliphatic carbocycles. The van der Waals surface area contributed by atoms with E-state index in [-0.39, 0.29) is 75.3 Å². The number of carbonyl (C=O) groups is 1. The van der Waals surface area contributed by atoms with Crippen molar-refractivity contribution in [3.8, 4) is 11.5 Å². The highest BCUT2D eigenvalue weighted by Crippen LogP contribution is 2.62. The van der Waals surface area contributed by atoms with E-state index in [9.17, 15) is 29.5 Å². The fourth-order valence-corrected chi connectivity index (χ4v) is 10.9. The highest BCUT2D eigenvalue weighted by Gasteiger charge is 2.65. The molecule has 6 rings (SSSR count). The number of nitro benzene ring substituents is 1. The molecule has 1 heterocycles.